The highest BCUT2D eigenvalue weighted by molar-refractivity contribution is 5.76. The van der Waals surface area contributed by atoms with Crippen LogP contribution in [0.3, 0.4) is 0 Å². The molecule has 0 aromatic heterocycles. The van der Waals surface area contributed by atoms with E-state index >= 15 is 0 Å². The molecule has 1 amide bonds. The molecule has 0 heterocycles. The van der Waals surface area contributed by atoms with E-state index in [1.807, 2.05) is 38.1 Å². The summed E-state index contributed by atoms with van der Waals surface area (Å²) in [6, 6.07) is 8.05. The highest BCUT2D eigenvalue weighted by atomic mass is 16.5. The van der Waals surface area contributed by atoms with E-state index < -0.39 is 0 Å². The van der Waals surface area contributed by atoms with E-state index in [1.54, 1.807) is 7.11 Å². The summed E-state index contributed by atoms with van der Waals surface area (Å²) < 4.78 is 5.26. The smallest absolute Gasteiger partial charge is 0.221 e. The van der Waals surface area contributed by atoms with Gasteiger partial charge >= 0.3 is 0 Å². The predicted molar refractivity (Wildman–Crippen MR) is 86.8 cm³/mol. The summed E-state index contributed by atoms with van der Waals surface area (Å²) in [5.41, 5.74) is 6.66. The fourth-order valence-corrected chi connectivity index (χ4v) is 2.09. The Kier molecular flexibility index (Phi) is 7.61. The molecule has 5 nitrogen and oxygen atoms in total. The first-order valence-electron chi connectivity index (χ1n) is 7.45. The zero-order valence-electron chi connectivity index (χ0n) is 13.3. The van der Waals surface area contributed by atoms with Crippen LogP contribution in [-0.2, 0) is 4.79 Å². The molecule has 3 N–H and O–H groups in total. The van der Waals surface area contributed by atoms with Crippen LogP contribution < -0.4 is 20.7 Å². The number of amides is 1. The van der Waals surface area contributed by atoms with Crippen molar-refractivity contribution in [3.8, 4) is 5.75 Å². The molecule has 21 heavy (non-hydrogen) atoms. The van der Waals surface area contributed by atoms with Gasteiger partial charge < -0.3 is 20.7 Å². The number of hydrogen-bond acceptors (Lipinski definition) is 4. The lowest BCUT2D eigenvalue weighted by molar-refractivity contribution is -0.121. The van der Waals surface area contributed by atoms with Gasteiger partial charge in [0.15, 0.2) is 0 Å². The summed E-state index contributed by atoms with van der Waals surface area (Å²) in [4.78, 5) is 14.0. The second-order valence-corrected chi connectivity index (χ2v) is 5.30. The van der Waals surface area contributed by atoms with Gasteiger partial charge in [0, 0.05) is 37.3 Å². The summed E-state index contributed by atoms with van der Waals surface area (Å²) in [7, 11) is 1.65. The van der Waals surface area contributed by atoms with E-state index in [1.165, 1.54) is 0 Å². The van der Waals surface area contributed by atoms with Crippen LogP contribution in [0.5, 0.6) is 5.75 Å². The van der Waals surface area contributed by atoms with Gasteiger partial charge in [-0.1, -0.05) is 6.07 Å². The first-order chi connectivity index (χ1) is 10.1. The van der Waals surface area contributed by atoms with Gasteiger partial charge in [-0.25, -0.2) is 0 Å². The van der Waals surface area contributed by atoms with E-state index in [0.717, 1.165) is 24.4 Å². The minimum absolute atomic E-state index is 0.0747. The zero-order chi connectivity index (χ0) is 15.7. The van der Waals surface area contributed by atoms with Crippen molar-refractivity contribution < 1.29 is 9.53 Å². The molecule has 0 spiro atoms. The summed E-state index contributed by atoms with van der Waals surface area (Å²) in [6.07, 6.45) is 1.36. The topological polar surface area (TPSA) is 67.6 Å². The molecule has 0 aliphatic heterocycles. The molecule has 0 saturated carbocycles. The Labute approximate surface area is 127 Å². The normalized spacial score (nSPS) is 10.5. The third-order valence-electron chi connectivity index (χ3n) is 3.11. The molecule has 0 fully saturated rings. The van der Waals surface area contributed by atoms with Crippen molar-refractivity contribution >= 4 is 11.6 Å². The molecular formula is C16H27N3O2. The molecular weight excluding hydrogens is 266 g/mol. The number of methoxy groups -OCH3 is 1. The average molecular weight is 293 g/mol. The summed E-state index contributed by atoms with van der Waals surface area (Å²) >= 11 is 0. The maximum absolute atomic E-state index is 11.8. The summed E-state index contributed by atoms with van der Waals surface area (Å²) in [5.74, 6) is 0.891. The number of rotatable bonds is 9. The fraction of sp³-hybridized carbons (Fsp3) is 0.562. The number of nitrogens with one attached hydrogen (secondary N) is 1. The van der Waals surface area contributed by atoms with Gasteiger partial charge in [0.2, 0.25) is 5.91 Å². The molecule has 118 valence electrons. The van der Waals surface area contributed by atoms with Gasteiger partial charge in [0.25, 0.3) is 0 Å². The second-order valence-electron chi connectivity index (χ2n) is 5.30. The monoisotopic (exact) mass is 293 g/mol. The van der Waals surface area contributed by atoms with Crippen LogP contribution >= 0.6 is 0 Å². The molecule has 0 atom stereocenters. The van der Waals surface area contributed by atoms with Crippen LogP contribution in [0.4, 0.5) is 5.69 Å². The van der Waals surface area contributed by atoms with Crippen molar-refractivity contribution in [3.05, 3.63) is 24.3 Å². The Bertz CT molecular complexity index is 435. The number of anilines is 1. The molecule has 5 heteroatoms. The first-order valence-corrected chi connectivity index (χ1v) is 7.45. The maximum atomic E-state index is 11.8. The van der Waals surface area contributed by atoms with E-state index in [4.69, 9.17) is 10.5 Å². The predicted octanol–water partition coefficient (Wildman–Crippen LogP) is 1.77. The highest BCUT2D eigenvalue weighted by Crippen LogP contribution is 2.21. The molecule has 1 rings (SSSR count). The summed E-state index contributed by atoms with van der Waals surface area (Å²) in [5, 5.41) is 2.91. The molecule has 0 bridgehead atoms. The lowest BCUT2D eigenvalue weighted by Crippen LogP contribution is -2.35. The number of benzene rings is 1. The lowest BCUT2D eigenvalue weighted by atomic mass is 10.2. The maximum Gasteiger partial charge on any atom is 0.221 e. The SMILES string of the molecule is COc1cccc(N(CCCN)CCC(=O)NC(C)C)c1. The second kappa shape index (κ2) is 9.23. The van der Waals surface area contributed by atoms with Gasteiger partial charge in [0.05, 0.1) is 7.11 Å². The Hall–Kier alpha value is -1.75. The van der Waals surface area contributed by atoms with Crippen LogP contribution in [0.2, 0.25) is 0 Å². The Morgan fingerprint density at radius 2 is 2.14 bits per heavy atom. The van der Waals surface area contributed by atoms with E-state index in [-0.39, 0.29) is 11.9 Å². The van der Waals surface area contributed by atoms with Gasteiger partial charge in [-0.2, -0.15) is 0 Å². The van der Waals surface area contributed by atoms with Gasteiger partial charge in [0.1, 0.15) is 5.75 Å². The van der Waals surface area contributed by atoms with Crippen LogP contribution in [0.25, 0.3) is 0 Å². The van der Waals surface area contributed by atoms with Gasteiger partial charge in [-0.15, -0.1) is 0 Å². The number of ether oxygens (including phenoxy) is 1. The third-order valence-corrected chi connectivity index (χ3v) is 3.11. The first kappa shape index (κ1) is 17.3. The largest absolute Gasteiger partial charge is 0.497 e. The van der Waals surface area contributed by atoms with Crippen molar-refractivity contribution in [3.63, 3.8) is 0 Å². The minimum Gasteiger partial charge on any atom is -0.497 e. The van der Waals surface area contributed by atoms with Gasteiger partial charge in [-0.05, 0) is 38.9 Å². The van der Waals surface area contributed by atoms with Gasteiger partial charge in [-0.3, -0.25) is 4.79 Å². The van der Waals surface area contributed by atoms with Crippen molar-refractivity contribution in [2.24, 2.45) is 5.73 Å². The average Bonchev–Trinajstić information content (AvgIpc) is 2.46. The van der Waals surface area contributed by atoms with Crippen molar-refractivity contribution in [1.82, 2.24) is 5.32 Å². The molecule has 1 aromatic rings. The quantitative estimate of drug-likeness (QED) is 0.728. The summed E-state index contributed by atoms with van der Waals surface area (Å²) in [6.45, 7) is 6.07. The number of hydrogen-bond donors (Lipinski definition) is 2. The van der Waals surface area contributed by atoms with Crippen LogP contribution in [0, 0.1) is 0 Å². The third kappa shape index (κ3) is 6.49. The molecule has 1 aromatic carbocycles. The molecule has 0 saturated heterocycles. The number of nitrogens with two attached hydrogens (primary N) is 1. The molecule has 0 aliphatic rings. The fourth-order valence-electron chi connectivity index (χ4n) is 2.09. The van der Waals surface area contributed by atoms with Crippen molar-refractivity contribution in [1.29, 1.82) is 0 Å². The zero-order valence-corrected chi connectivity index (χ0v) is 13.3. The number of nitrogens with zero attached hydrogens (tertiary/aromatic N) is 1. The van der Waals surface area contributed by atoms with Crippen molar-refractivity contribution in [2.45, 2.75) is 32.7 Å². The van der Waals surface area contributed by atoms with Crippen LogP contribution in [0.15, 0.2) is 24.3 Å². The van der Waals surface area contributed by atoms with E-state index in [2.05, 4.69) is 10.2 Å². The van der Waals surface area contributed by atoms with Crippen molar-refractivity contribution in [2.75, 3.05) is 31.6 Å². The molecule has 0 radical (unpaired) electrons. The van der Waals surface area contributed by atoms with E-state index in [0.29, 0.717) is 19.5 Å². The number of carbonyl (C=O) groups is 1. The van der Waals surface area contributed by atoms with Crippen LogP contribution in [-0.4, -0.2) is 38.7 Å². The standard InChI is InChI=1S/C16H27N3O2/c1-13(2)18-16(20)8-11-19(10-5-9-17)14-6-4-7-15(12-14)21-3/h4,6-7,12-13H,5,8-11,17H2,1-3H3,(H,18,20). The lowest BCUT2D eigenvalue weighted by Gasteiger charge is -2.25. The highest BCUT2D eigenvalue weighted by Gasteiger charge is 2.10. The number of carbonyl (C=O) groups excluding carboxylic acids is 1. The Balaban J connectivity index is 2.68. The van der Waals surface area contributed by atoms with E-state index in [9.17, 15) is 4.79 Å². The van der Waals surface area contributed by atoms with Crippen LogP contribution in [0.1, 0.15) is 26.7 Å². The Morgan fingerprint density at radius 3 is 2.76 bits per heavy atom. The minimum atomic E-state index is 0.0747. The molecule has 0 aliphatic carbocycles. The molecule has 0 unspecified atom stereocenters. The Morgan fingerprint density at radius 1 is 1.38 bits per heavy atom.